The maximum atomic E-state index is 5.11. The van der Waals surface area contributed by atoms with Gasteiger partial charge in [-0.1, -0.05) is 166 Å². The summed E-state index contributed by atoms with van der Waals surface area (Å²) in [6, 6.07) is 69.1. The number of hydrogen-bond donors (Lipinski definition) is 0. The lowest BCUT2D eigenvalue weighted by Crippen LogP contribution is -2.14. The van der Waals surface area contributed by atoms with E-state index in [-0.39, 0.29) is 5.41 Å². The van der Waals surface area contributed by atoms with Crippen LogP contribution in [0.2, 0.25) is 0 Å². The van der Waals surface area contributed by atoms with Crippen LogP contribution in [0, 0.1) is 0 Å². The summed E-state index contributed by atoms with van der Waals surface area (Å²) in [7, 11) is 0. The van der Waals surface area contributed by atoms with E-state index in [0.717, 1.165) is 38.8 Å². The normalized spacial score (nSPS) is 12.8. The molecule has 0 bridgehead atoms. The van der Waals surface area contributed by atoms with Crippen molar-refractivity contribution >= 4 is 21.8 Å². The van der Waals surface area contributed by atoms with Crippen LogP contribution in [-0.4, -0.2) is 19.5 Å². The van der Waals surface area contributed by atoms with Crippen molar-refractivity contribution in [2.75, 3.05) is 0 Å². The molecule has 1 aliphatic carbocycles. The molecule has 4 heteroatoms. The molecular weight excluding hydrogens is 705 g/mol. The van der Waals surface area contributed by atoms with Gasteiger partial charge in [-0.05, 0) is 87.0 Å². The van der Waals surface area contributed by atoms with Crippen LogP contribution in [-0.2, 0) is 5.41 Å². The third-order valence-corrected chi connectivity index (χ3v) is 11.9. The maximum Gasteiger partial charge on any atom is 0.164 e. The molecule has 2 heterocycles. The van der Waals surface area contributed by atoms with Crippen molar-refractivity contribution in [3.8, 4) is 73.2 Å². The van der Waals surface area contributed by atoms with E-state index in [1.807, 2.05) is 36.4 Å². The van der Waals surface area contributed by atoms with E-state index in [4.69, 9.17) is 15.0 Å². The monoisotopic (exact) mass is 742 g/mol. The zero-order chi connectivity index (χ0) is 38.8. The molecule has 0 atom stereocenters. The van der Waals surface area contributed by atoms with Gasteiger partial charge in [-0.15, -0.1) is 0 Å². The summed E-state index contributed by atoms with van der Waals surface area (Å²) in [6.07, 6.45) is 0. The van der Waals surface area contributed by atoms with Gasteiger partial charge < -0.3 is 4.57 Å². The molecule has 4 nitrogen and oxygen atoms in total. The Morgan fingerprint density at radius 2 is 0.845 bits per heavy atom. The minimum atomic E-state index is -0.0809. The zero-order valence-electron chi connectivity index (χ0n) is 32.3. The molecule has 8 aromatic carbocycles. The zero-order valence-corrected chi connectivity index (χ0v) is 32.3. The highest BCUT2D eigenvalue weighted by Gasteiger charge is 2.36. The van der Waals surface area contributed by atoms with Crippen molar-refractivity contribution in [2.45, 2.75) is 19.3 Å². The van der Waals surface area contributed by atoms with Gasteiger partial charge in [-0.3, -0.25) is 0 Å². The van der Waals surface area contributed by atoms with E-state index >= 15 is 0 Å². The Morgan fingerprint density at radius 1 is 0.362 bits per heavy atom. The molecule has 10 aromatic rings. The first kappa shape index (κ1) is 33.9. The number of hydrogen-bond acceptors (Lipinski definition) is 3. The summed E-state index contributed by atoms with van der Waals surface area (Å²) in [5.41, 5.74) is 16.3. The average molecular weight is 743 g/mol. The summed E-state index contributed by atoms with van der Waals surface area (Å²) in [5, 5.41) is 2.30. The van der Waals surface area contributed by atoms with Crippen LogP contribution in [0.15, 0.2) is 194 Å². The molecule has 274 valence electrons. The van der Waals surface area contributed by atoms with Gasteiger partial charge in [-0.2, -0.15) is 0 Å². The van der Waals surface area contributed by atoms with E-state index in [0.29, 0.717) is 17.5 Å². The molecule has 0 N–H and O–H groups in total. The Hall–Kier alpha value is -7.43. The van der Waals surface area contributed by atoms with Crippen molar-refractivity contribution in [3.05, 3.63) is 205 Å². The number of aromatic nitrogens is 4. The second-order valence-corrected chi connectivity index (χ2v) is 15.7. The SMILES string of the molecule is CC1(C)c2ccccc2-c2c(-c3ccc4c(c3)c3cc(-c5nc(-c6ccccc6)nc(-c6ccccc6)n5)ccc3n4-c3cccc(-c4ccccc4)c3)cccc21. The van der Waals surface area contributed by atoms with Crippen LogP contribution < -0.4 is 0 Å². The Balaban J connectivity index is 1.15. The standard InChI is InChI=1S/C54H38N4/c1-54(2)46-26-13-12-24-43(46)50-42(25-15-27-47(50)54)39-28-30-48-44(33-39)45-34-40(29-31-49(45)58(48)41-23-14-22-38(32-41)35-16-6-3-7-17-35)53-56-51(36-18-8-4-9-19-36)55-52(57-53)37-20-10-5-11-21-37/h3-34H,1-2H3. The van der Waals surface area contributed by atoms with Crippen LogP contribution in [0.3, 0.4) is 0 Å². The lowest BCUT2D eigenvalue weighted by molar-refractivity contribution is 0.660. The van der Waals surface area contributed by atoms with Gasteiger partial charge in [0.15, 0.2) is 17.5 Å². The lowest BCUT2D eigenvalue weighted by atomic mass is 9.82. The smallest absolute Gasteiger partial charge is 0.164 e. The minimum Gasteiger partial charge on any atom is -0.309 e. The van der Waals surface area contributed by atoms with Crippen molar-refractivity contribution in [1.29, 1.82) is 0 Å². The fourth-order valence-corrected chi connectivity index (χ4v) is 9.00. The van der Waals surface area contributed by atoms with E-state index in [2.05, 4.69) is 176 Å². The number of nitrogens with zero attached hydrogens (tertiary/aromatic N) is 4. The minimum absolute atomic E-state index is 0.0809. The first-order valence-electron chi connectivity index (χ1n) is 19.9. The molecule has 0 saturated carbocycles. The summed E-state index contributed by atoms with van der Waals surface area (Å²) >= 11 is 0. The molecule has 0 aliphatic heterocycles. The molecule has 0 fully saturated rings. The first-order valence-corrected chi connectivity index (χ1v) is 19.9. The molecular formula is C54H38N4. The van der Waals surface area contributed by atoms with Crippen LogP contribution in [0.1, 0.15) is 25.0 Å². The molecule has 0 radical (unpaired) electrons. The van der Waals surface area contributed by atoms with Crippen molar-refractivity contribution < 1.29 is 0 Å². The summed E-state index contributed by atoms with van der Waals surface area (Å²) in [4.78, 5) is 15.2. The van der Waals surface area contributed by atoms with E-state index in [1.165, 1.54) is 49.9 Å². The van der Waals surface area contributed by atoms with Crippen molar-refractivity contribution in [2.24, 2.45) is 0 Å². The first-order chi connectivity index (χ1) is 28.5. The van der Waals surface area contributed by atoms with Crippen LogP contribution in [0.4, 0.5) is 0 Å². The number of rotatable bonds is 6. The molecule has 0 amide bonds. The quantitative estimate of drug-likeness (QED) is 0.170. The predicted octanol–water partition coefficient (Wildman–Crippen LogP) is 13.6. The van der Waals surface area contributed by atoms with Gasteiger partial charge in [0.2, 0.25) is 0 Å². The Labute approximate surface area is 337 Å². The highest BCUT2D eigenvalue weighted by atomic mass is 15.0. The Morgan fingerprint density at radius 3 is 1.50 bits per heavy atom. The van der Waals surface area contributed by atoms with Gasteiger partial charge in [0.05, 0.1) is 11.0 Å². The molecule has 0 spiro atoms. The number of benzene rings is 8. The van der Waals surface area contributed by atoms with E-state index in [9.17, 15) is 0 Å². The second kappa shape index (κ2) is 13.4. The van der Waals surface area contributed by atoms with Crippen LogP contribution in [0.25, 0.3) is 95.0 Å². The van der Waals surface area contributed by atoms with E-state index < -0.39 is 0 Å². The fourth-order valence-electron chi connectivity index (χ4n) is 9.00. The van der Waals surface area contributed by atoms with Gasteiger partial charge in [0.25, 0.3) is 0 Å². The van der Waals surface area contributed by atoms with Gasteiger partial charge in [-0.25, -0.2) is 15.0 Å². The maximum absolute atomic E-state index is 5.11. The molecule has 11 rings (SSSR count). The van der Waals surface area contributed by atoms with Gasteiger partial charge >= 0.3 is 0 Å². The third kappa shape index (κ3) is 5.48. The predicted molar refractivity (Wildman–Crippen MR) is 239 cm³/mol. The van der Waals surface area contributed by atoms with Crippen molar-refractivity contribution in [3.63, 3.8) is 0 Å². The number of fused-ring (bicyclic) bond motifs is 6. The third-order valence-electron chi connectivity index (χ3n) is 11.9. The van der Waals surface area contributed by atoms with Crippen molar-refractivity contribution in [1.82, 2.24) is 19.5 Å². The fraction of sp³-hybridized carbons (Fsp3) is 0.0556. The second-order valence-electron chi connectivity index (χ2n) is 15.7. The largest absolute Gasteiger partial charge is 0.309 e. The highest BCUT2D eigenvalue weighted by Crippen LogP contribution is 2.52. The topological polar surface area (TPSA) is 43.6 Å². The Kier molecular flexibility index (Phi) is 7.80. The highest BCUT2D eigenvalue weighted by molar-refractivity contribution is 6.12. The van der Waals surface area contributed by atoms with Crippen LogP contribution in [0.5, 0.6) is 0 Å². The molecule has 1 aliphatic rings. The molecule has 0 saturated heterocycles. The molecule has 58 heavy (non-hydrogen) atoms. The van der Waals surface area contributed by atoms with Gasteiger partial charge in [0.1, 0.15) is 0 Å². The van der Waals surface area contributed by atoms with Gasteiger partial charge in [0, 0.05) is 38.6 Å². The summed E-state index contributed by atoms with van der Waals surface area (Å²) < 4.78 is 2.40. The summed E-state index contributed by atoms with van der Waals surface area (Å²) in [6.45, 7) is 4.69. The lowest BCUT2D eigenvalue weighted by Gasteiger charge is -2.21. The molecule has 0 unspecified atom stereocenters. The average Bonchev–Trinajstić information content (AvgIpc) is 3.74. The summed E-state index contributed by atoms with van der Waals surface area (Å²) in [5.74, 6) is 1.93. The van der Waals surface area contributed by atoms with Crippen LogP contribution >= 0.6 is 0 Å². The van der Waals surface area contributed by atoms with E-state index in [1.54, 1.807) is 0 Å². The Bertz CT molecular complexity index is 3120. The molecule has 2 aromatic heterocycles.